The quantitative estimate of drug-likeness (QED) is 0.569. The zero-order valence-corrected chi connectivity index (χ0v) is 16.9. The van der Waals surface area contributed by atoms with E-state index in [0.29, 0.717) is 23.9 Å². The van der Waals surface area contributed by atoms with E-state index < -0.39 is 0 Å². The second-order valence-corrected chi connectivity index (χ2v) is 7.54. The number of fused-ring (bicyclic) bond motifs is 1. The molecular formula is C20H22ClN3O2S. The van der Waals surface area contributed by atoms with Crippen LogP contribution in [-0.4, -0.2) is 34.9 Å². The molecule has 1 heterocycles. The van der Waals surface area contributed by atoms with Crippen LogP contribution >= 0.6 is 23.4 Å². The summed E-state index contributed by atoms with van der Waals surface area (Å²) in [4.78, 5) is 17.1. The second-order valence-electron chi connectivity index (χ2n) is 6.16. The number of thioether (sulfide) groups is 1. The lowest BCUT2D eigenvalue weighted by molar-refractivity contribution is -0.119. The van der Waals surface area contributed by atoms with Crippen LogP contribution < -0.4 is 5.32 Å². The minimum Gasteiger partial charge on any atom is -0.383 e. The Morgan fingerprint density at radius 3 is 2.89 bits per heavy atom. The van der Waals surface area contributed by atoms with E-state index in [-0.39, 0.29) is 11.9 Å². The average Bonchev–Trinajstić information content (AvgIpc) is 3.02. The number of carbonyl (C=O) groups is 1. The smallest absolute Gasteiger partial charge is 0.230 e. The molecule has 1 unspecified atom stereocenters. The Bertz CT molecular complexity index is 928. The average molecular weight is 404 g/mol. The number of amides is 1. The SMILES string of the molecule is COCCn1c(SCC(=O)NC(C)c2cccc(Cl)c2)nc2ccccc21. The molecule has 0 aliphatic carbocycles. The Hall–Kier alpha value is -2.02. The second kappa shape index (κ2) is 9.26. The lowest BCUT2D eigenvalue weighted by Gasteiger charge is -2.14. The van der Waals surface area contributed by atoms with Crippen molar-refractivity contribution in [3.8, 4) is 0 Å². The number of ether oxygens (including phenoxy) is 1. The molecule has 27 heavy (non-hydrogen) atoms. The molecule has 0 bridgehead atoms. The predicted molar refractivity (Wildman–Crippen MR) is 110 cm³/mol. The van der Waals surface area contributed by atoms with E-state index in [4.69, 9.17) is 16.3 Å². The fourth-order valence-corrected chi connectivity index (χ4v) is 3.89. The van der Waals surface area contributed by atoms with Crippen LogP contribution in [0.5, 0.6) is 0 Å². The van der Waals surface area contributed by atoms with Crippen molar-refractivity contribution >= 4 is 40.3 Å². The van der Waals surface area contributed by atoms with Crippen molar-refractivity contribution in [3.63, 3.8) is 0 Å². The zero-order chi connectivity index (χ0) is 19.2. The first-order valence-electron chi connectivity index (χ1n) is 8.70. The highest BCUT2D eigenvalue weighted by Crippen LogP contribution is 2.24. The van der Waals surface area contributed by atoms with Crippen LogP contribution in [-0.2, 0) is 16.1 Å². The van der Waals surface area contributed by atoms with Gasteiger partial charge in [0.05, 0.1) is 29.4 Å². The topological polar surface area (TPSA) is 56.1 Å². The predicted octanol–water partition coefficient (Wildman–Crippen LogP) is 4.31. The number of halogens is 1. The van der Waals surface area contributed by atoms with Gasteiger partial charge in [0.15, 0.2) is 5.16 Å². The first kappa shape index (κ1) is 19.7. The largest absolute Gasteiger partial charge is 0.383 e. The van der Waals surface area contributed by atoms with E-state index in [1.165, 1.54) is 11.8 Å². The van der Waals surface area contributed by atoms with E-state index in [1.807, 2.05) is 55.5 Å². The van der Waals surface area contributed by atoms with Gasteiger partial charge in [-0.15, -0.1) is 0 Å². The van der Waals surface area contributed by atoms with Gasteiger partial charge in [-0.3, -0.25) is 4.79 Å². The molecule has 1 amide bonds. The van der Waals surface area contributed by atoms with E-state index in [0.717, 1.165) is 21.8 Å². The summed E-state index contributed by atoms with van der Waals surface area (Å²) in [6.45, 7) is 3.23. The number of hydrogen-bond acceptors (Lipinski definition) is 4. The normalized spacial score (nSPS) is 12.3. The van der Waals surface area contributed by atoms with Crippen molar-refractivity contribution in [1.29, 1.82) is 0 Å². The number of rotatable bonds is 8. The first-order valence-corrected chi connectivity index (χ1v) is 10.1. The molecule has 0 saturated heterocycles. The standard InChI is InChI=1S/C20H22ClN3O2S/c1-14(15-6-5-7-16(21)12-15)22-19(25)13-27-20-23-17-8-3-4-9-18(17)24(20)10-11-26-2/h3-9,12,14H,10-11,13H2,1-2H3,(H,22,25). The number of nitrogens with one attached hydrogen (secondary N) is 1. The molecule has 0 aliphatic rings. The lowest BCUT2D eigenvalue weighted by atomic mass is 10.1. The van der Waals surface area contributed by atoms with Gasteiger partial charge in [-0.1, -0.05) is 47.6 Å². The molecule has 0 aliphatic heterocycles. The van der Waals surface area contributed by atoms with Crippen molar-refractivity contribution in [2.24, 2.45) is 0 Å². The van der Waals surface area contributed by atoms with Gasteiger partial charge >= 0.3 is 0 Å². The highest BCUT2D eigenvalue weighted by atomic mass is 35.5. The van der Waals surface area contributed by atoms with E-state index in [1.54, 1.807) is 7.11 Å². The van der Waals surface area contributed by atoms with Crippen LogP contribution in [0, 0.1) is 0 Å². The van der Waals surface area contributed by atoms with Crippen LogP contribution in [0.4, 0.5) is 0 Å². The number of carbonyl (C=O) groups excluding carboxylic acids is 1. The molecule has 0 spiro atoms. The Morgan fingerprint density at radius 2 is 2.11 bits per heavy atom. The van der Waals surface area contributed by atoms with Crippen LogP contribution in [0.15, 0.2) is 53.7 Å². The van der Waals surface area contributed by atoms with Gasteiger partial charge < -0.3 is 14.6 Å². The number of nitrogens with zero attached hydrogens (tertiary/aromatic N) is 2. The Morgan fingerprint density at radius 1 is 1.30 bits per heavy atom. The number of methoxy groups -OCH3 is 1. The number of para-hydroxylation sites is 2. The summed E-state index contributed by atoms with van der Waals surface area (Å²) in [7, 11) is 1.68. The van der Waals surface area contributed by atoms with Gasteiger partial charge in [0.2, 0.25) is 5.91 Å². The van der Waals surface area contributed by atoms with Gasteiger partial charge in [-0.2, -0.15) is 0 Å². The van der Waals surface area contributed by atoms with Gasteiger partial charge in [0.1, 0.15) is 0 Å². The van der Waals surface area contributed by atoms with E-state index >= 15 is 0 Å². The molecule has 2 aromatic carbocycles. The minimum absolute atomic E-state index is 0.0437. The van der Waals surface area contributed by atoms with Crippen LogP contribution in [0.25, 0.3) is 11.0 Å². The van der Waals surface area contributed by atoms with Crippen molar-refractivity contribution in [3.05, 3.63) is 59.1 Å². The molecule has 142 valence electrons. The van der Waals surface area contributed by atoms with Crippen molar-refractivity contribution in [2.45, 2.75) is 24.7 Å². The molecular weight excluding hydrogens is 382 g/mol. The summed E-state index contributed by atoms with van der Waals surface area (Å²) in [5, 5.41) is 4.49. The van der Waals surface area contributed by atoms with Crippen molar-refractivity contribution in [2.75, 3.05) is 19.5 Å². The van der Waals surface area contributed by atoms with Gasteiger partial charge in [-0.05, 0) is 36.8 Å². The van der Waals surface area contributed by atoms with E-state index in [9.17, 15) is 4.79 Å². The summed E-state index contributed by atoms with van der Waals surface area (Å²) in [6.07, 6.45) is 0. The highest BCUT2D eigenvalue weighted by Gasteiger charge is 2.14. The monoisotopic (exact) mass is 403 g/mol. The molecule has 0 fully saturated rings. The highest BCUT2D eigenvalue weighted by molar-refractivity contribution is 7.99. The number of benzene rings is 2. The number of hydrogen-bond donors (Lipinski definition) is 1. The van der Waals surface area contributed by atoms with Gasteiger partial charge in [0.25, 0.3) is 0 Å². The first-order chi connectivity index (χ1) is 13.1. The zero-order valence-electron chi connectivity index (χ0n) is 15.3. The third-order valence-corrected chi connectivity index (χ3v) is 5.41. The maximum absolute atomic E-state index is 12.4. The Labute approximate surface area is 168 Å². The fraction of sp³-hybridized carbons (Fsp3) is 0.300. The molecule has 0 saturated carbocycles. The molecule has 3 rings (SSSR count). The molecule has 1 atom stereocenters. The van der Waals surface area contributed by atoms with Gasteiger partial charge in [-0.25, -0.2) is 4.98 Å². The van der Waals surface area contributed by atoms with Crippen LogP contribution in [0.1, 0.15) is 18.5 Å². The number of imidazole rings is 1. The number of aromatic nitrogens is 2. The summed E-state index contributed by atoms with van der Waals surface area (Å²) in [5.74, 6) is 0.249. The van der Waals surface area contributed by atoms with Crippen LogP contribution in [0.2, 0.25) is 5.02 Å². The molecule has 1 N–H and O–H groups in total. The summed E-state index contributed by atoms with van der Waals surface area (Å²) < 4.78 is 7.30. The minimum atomic E-state index is -0.107. The van der Waals surface area contributed by atoms with Gasteiger partial charge in [0, 0.05) is 18.7 Å². The molecule has 0 radical (unpaired) electrons. The third kappa shape index (κ3) is 5.03. The molecule has 7 heteroatoms. The summed E-state index contributed by atoms with van der Waals surface area (Å²) in [6, 6.07) is 15.4. The molecule has 5 nitrogen and oxygen atoms in total. The Kier molecular flexibility index (Phi) is 6.77. The maximum Gasteiger partial charge on any atom is 0.230 e. The van der Waals surface area contributed by atoms with Crippen LogP contribution in [0.3, 0.4) is 0 Å². The summed E-state index contributed by atoms with van der Waals surface area (Å²) in [5.41, 5.74) is 2.95. The summed E-state index contributed by atoms with van der Waals surface area (Å²) >= 11 is 7.46. The van der Waals surface area contributed by atoms with E-state index in [2.05, 4.69) is 14.9 Å². The molecule has 3 aromatic rings. The Balaban J connectivity index is 1.66. The fourth-order valence-electron chi connectivity index (χ4n) is 2.83. The molecule has 1 aromatic heterocycles. The van der Waals surface area contributed by atoms with Crippen molar-refractivity contribution < 1.29 is 9.53 Å². The third-order valence-electron chi connectivity index (χ3n) is 4.20. The lowest BCUT2D eigenvalue weighted by Crippen LogP contribution is -2.28. The van der Waals surface area contributed by atoms with Crippen molar-refractivity contribution in [1.82, 2.24) is 14.9 Å². The maximum atomic E-state index is 12.4.